The van der Waals surface area contributed by atoms with Gasteiger partial charge >= 0.3 is 39.5 Å². The van der Waals surface area contributed by atoms with Gasteiger partial charge in [0.05, 0.1) is 26.4 Å². The number of phosphoric ester groups is 2. The van der Waals surface area contributed by atoms with Crippen LogP contribution in [0.4, 0.5) is 0 Å². The monoisotopic (exact) mass is 1420 g/mol. The molecule has 0 amide bonds. The summed E-state index contributed by atoms with van der Waals surface area (Å²) in [6, 6.07) is 0. The number of phosphoric acid groups is 2. The summed E-state index contributed by atoms with van der Waals surface area (Å²) < 4.78 is 68.6. The van der Waals surface area contributed by atoms with E-state index >= 15 is 0 Å². The maximum Gasteiger partial charge on any atom is 0.472 e. The van der Waals surface area contributed by atoms with Crippen molar-refractivity contribution in [2.75, 3.05) is 39.6 Å². The van der Waals surface area contributed by atoms with Gasteiger partial charge in [-0.05, 0) is 63.2 Å². The van der Waals surface area contributed by atoms with Crippen LogP contribution in [0.15, 0.2) is 24.3 Å². The van der Waals surface area contributed by atoms with E-state index in [0.29, 0.717) is 25.7 Å². The maximum atomic E-state index is 13.1. The van der Waals surface area contributed by atoms with E-state index in [1.807, 2.05) is 0 Å². The first kappa shape index (κ1) is 94.5. The molecule has 0 aromatic heterocycles. The van der Waals surface area contributed by atoms with Gasteiger partial charge in [0.1, 0.15) is 19.3 Å². The van der Waals surface area contributed by atoms with E-state index in [-0.39, 0.29) is 25.7 Å². The third-order valence-corrected chi connectivity index (χ3v) is 19.5. The lowest BCUT2D eigenvalue weighted by Crippen LogP contribution is -2.30. The first-order valence-corrected chi connectivity index (χ1v) is 42.8. The summed E-state index contributed by atoms with van der Waals surface area (Å²) in [6.45, 7) is 9.55. The number of aliphatic hydroxyl groups is 1. The number of hydrogen-bond acceptors (Lipinski definition) is 15. The molecule has 0 rings (SSSR count). The van der Waals surface area contributed by atoms with Gasteiger partial charge in [-0.2, -0.15) is 0 Å². The topological polar surface area (TPSA) is 237 Å². The Labute approximate surface area is 592 Å². The maximum absolute atomic E-state index is 13.1. The number of unbranched alkanes of at least 4 members (excludes halogenated alkanes) is 42. The smallest absolute Gasteiger partial charge is 0.462 e. The quantitative estimate of drug-likeness (QED) is 0.0169. The Morgan fingerprint density at radius 1 is 0.320 bits per heavy atom. The van der Waals surface area contributed by atoms with Crippen molar-refractivity contribution in [1.82, 2.24) is 0 Å². The molecule has 0 aliphatic rings. The molecule has 0 bridgehead atoms. The lowest BCUT2D eigenvalue weighted by molar-refractivity contribution is -0.161. The predicted molar refractivity (Wildman–Crippen MR) is 395 cm³/mol. The number of allylic oxidation sites excluding steroid dienone is 4. The number of aliphatic hydroxyl groups excluding tert-OH is 1. The van der Waals surface area contributed by atoms with Crippen LogP contribution >= 0.6 is 15.6 Å². The SMILES string of the molecule is CCCCCC/C=C\C=C/CCCCCCCC(=O)OC[C@H](COP(=O)(O)OC[C@@H](O)COP(=O)(O)OC[C@@H](COC(=O)CCCCCCCCCCCCCCC)OC(=O)CCCCCCCCCCCCC(C)C)OC(=O)CCCCCCCCCCCCCCCC(C)C. The van der Waals surface area contributed by atoms with Crippen molar-refractivity contribution in [3.63, 3.8) is 0 Å². The van der Waals surface area contributed by atoms with Gasteiger partial charge in [-0.25, -0.2) is 9.13 Å². The fourth-order valence-electron chi connectivity index (χ4n) is 11.5. The van der Waals surface area contributed by atoms with Gasteiger partial charge in [-0.15, -0.1) is 0 Å². The Morgan fingerprint density at radius 3 is 0.845 bits per heavy atom. The van der Waals surface area contributed by atoms with E-state index < -0.39 is 97.5 Å². The minimum atomic E-state index is -4.97. The summed E-state index contributed by atoms with van der Waals surface area (Å²) >= 11 is 0. The van der Waals surface area contributed by atoms with Crippen molar-refractivity contribution in [3.8, 4) is 0 Å². The van der Waals surface area contributed by atoms with Gasteiger partial charge in [0.2, 0.25) is 0 Å². The summed E-state index contributed by atoms with van der Waals surface area (Å²) in [5.41, 5.74) is 0. The fourth-order valence-corrected chi connectivity index (χ4v) is 13.0. The number of esters is 4. The average Bonchev–Trinajstić information content (AvgIpc) is 1.02. The number of rotatable bonds is 75. The number of ether oxygens (including phenoxy) is 4. The van der Waals surface area contributed by atoms with Crippen LogP contribution in [0.5, 0.6) is 0 Å². The summed E-state index contributed by atoms with van der Waals surface area (Å²) in [7, 11) is -9.93. The molecule has 5 atom stereocenters. The van der Waals surface area contributed by atoms with Gasteiger partial charge in [0, 0.05) is 25.7 Å². The Balaban J connectivity index is 5.30. The highest BCUT2D eigenvalue weighted by Crippen LogP contribution is 2.45. The largest absolute Gasteiger partial charge is 0.472 e. The zero-order valence-corrected chi connectivity index (χ0v) is 64.7. The van der Waals surface area contributed by atoms with Crippen LogP contribution in [0.3, 0.4) is 0 Å². The first-order chi connectivity index (χ1) is 46.9. The van der Waals surface area contributed by atoms with Crippen LogP contribution in [-0.2, 0) is 65.4 Å². The zero-order chi connectivity index (χ0) is 71.4. The molecule has 97 heavy (non-hydrogen) atoms. The molecule has 3 N–H and O–H groups in total. The molecule has 0 spiro atoms. The highest BCUT2D eigenvalue weighted by atomic mass is 31.2. The Morgan fingerprint density at radius 2 is 0.557 bits per heavy atom. The number of hydrogen-bond donors (Lipinski definition) is 3. The zero-order valence-electron chi connectivity index (χ0n) is 62.9. The molecule has 572 valence electrons. The van der Waals surface area contributed by atoms with E-state index in [9.17, 15) is 43.2 Å². The molecular formula is C78H148O17P2. The summed E-state index contributed by atoms with van der Waals surface area (Å²) in [6.07, 6.45) is 60.3. The van der Waals surface area contributed by atoms with Crippen LogP contribution < -0.4 is 0 Å². The van der Waals surface area contributed by atoms with Crippen molar-refractivity contribution in [2.45, 2.75) is 400 Å². The Bertz CT molecular complexity index is 1970. The first-order valence-electron chi connectivity index (χ1n) is 39.8. The molecule has 0 aromatic rings. The van der Waals surface area contributed by atoms with Gasteiger partial charge in [-0.3, -0.25) is 37.3 Å². The predicted octanol–water partition coefficient (Wildman–Crippen LogP) is 22.7. The molecule has 0 saturated carbocycles. The van der Waals surface area contributed by atoms with Gasteiger partial charge < -0.3 is 33.8 Å². The molecule has 17 nitrogen and oxygen atoms in total. The van der Waals surface area contributed by atoms with Crippen LogP contribution in [0, 0.1) is 11.8 Å². The summed E-state index contributed by atoms with van der Waals surface area (Å²) in [5, 5.41) is 10.6. The number of carbonyl (C=O) groups excluding carboxylic acids is 4. The van der Waals surface area contributed by atoms with Gasteiger partial charge in [-0.1, -0.05) is 329 Å². The second kappa shape index (κ2) is 69.3. The highest BCUT2D eigenvalue weighted by Gasteiger charge is 2.30. The Hall–Kier alpha value is -2.46. The lowest BCUT2D eigenvalue weighted by atomic mass is 10.0. The van der Waals surface area contributed by atoms with Gasteiger partial charge in [0.25, 0.3) is 0 Å². The normalized spacial score (nSPS) is 14.1. The minimum absolute atomic E-state index is 0.100. The molecule has 0 aromatic carbocycles. The third kappa shape index (κ3) is 71.7. The molecule has 2 unspecified atom stereocenters. The van der Waals surface area contributed by atoms with Crippen LogP contribution in [0.25, 0.3) is 0 Å². The van der Waals surface area contributed by atoms with Crippen molar-refractivity contribution in [3.05, 3.63) is 24.3 Å². The second-order valence-corrected chi connectivity index (χ2v) is 31.3. The summed E-state index contributed by atoms with van der Waals surface area (Å²) in [5.74, 6) is -0.607. The molecular weight excluding hydrogens is 1270 g/mol. The van der Waals surface area contributed by atoms with Crippen molar-refractivity contribution in [1.29, 1.82) is 0 Å². The van der Waals surface area contributed by atoms with Crippen LogP contribution in [0.1, 0.15) is 382 Å². The lowest BCUT2D eigenvalue weighted by Gasteiger charge is -2.21. The van der Waals surface area contributed by atoms with E-state index in [0.717, 1.165) is 121 Å². The second-order valence-electron chi connectivity index (χ2n) is 28.4. The molecule has 0 heterocycles. The molecule has 19 heteroatoms. The average molecular weight is 1420 g/mol. The van der Waals surface area contributed by atoms with E-state index in [1.165, 1.54) is 180 Å². The molecule has 0 fully saturated rings. The molecule has 0 aliphatic carbocycles. The Kier molecular flexibility index (Phi) is 67.5. The third-order valence-electron chi connectivity index (χ3n) is 17.6. The highest BCUT2D eigenvalue weighted by molar-refractivity contribution is 7.47. The molecule has 0 aliphatic heterocycles. The van der Waals surface area contributed by atoms with Crippen molar-refractivity contribution < 1.29 is 80.2 Å². The molecule has 0 radical (unpaired) electrons. The minimum Gasteiger partial charge on any atom is -0.462 e. The van der Waals surface area contributed by atoms with Crippen LogP contribution in [-0.4, -0.2) is 96.7 Å². The molecule has 0 saturated heterocycles. The standard InChI is InChI=1S/C78H148O17P2/c1-7-9-11-13-15-17-19-21-22-26-30-37-43-49-55-61-76(81)89-66-73(94-77(82)62-56-50-44-38-31-27-23-25-28-34-40-46-52-58-70(3)4)68-92-96(84,85)90-64-72(79)65-91-97(86,87)93-69-74(95-78(83)63-57-51-45-39-33-32-35-41-47-53-59-71(5)6)67-88-75(80)60-54-48-42-36-29-24-20-18-16-14-12-10-8-2/h17,19,21-22,70-74,79H,7-16,18,20,23-69H2,1-6H3,(H,84,85)(H,86,87)/b19-17-,22-21-/t72-,73-,74-/m1/s1. The van der Waals surface area contributed by atoms with E-state index in [4.69, 9.17) is 37.0 Å². The van der Waals surface area contributed by atoms with Gasteiger partial charge in [0.15, 0.2) is 12.2 Å². The van der Waals surface area contributed by atoms with E-state index in [1.54, 1.807) is 0 Å². The van der Waals surface area contributed by atoms with Crippen molar-refractivity contribution >= 4 is 39.5 Å². The van der Waals surface area contributed by atoms with Crippen molar-refractivity contribution in [2.24, 2.45) is 11.8 Å². The fraction of sp³-hybridized carbons (Fsp3) is 0.897. The van der Waals surface area contributed by atoms with Crippen LogP contribution in [0.2, 0.25) is 0 Å². The summed E-state index contributed by atoms with van der Waals surface area (Å²) in [4.78, 5) is 72.9. The van der Waals surface area contributed by atoms with E-state index in [2.05, 4.69) is 65.8 Å². The number of carbonyl (C=O) groups is 4.